The molecule has 1 saturated heterocycles. The van der Waals surface area contributed by atoms with Gasteiger partial charge < -0.3 is 16.0 Å². The molecule has 1 aromatic rings. The number of rotatable bonds is 3. The zero-order chi connectivity index (χ0) is 13.0. The molecule has 1 aliphatic heterocycles. The maximum Gasteiger partial charge on any atom is 0.321 e. The molecule has 1 aliphatic rings. The molecule has 18 heavy (non-hydrogen) atoms. The molecule has 0 aliphatic carbocycles. The predicted octanol–water partition coefficient (Wildman–Crippen LogP) is 0.645. The summed E-state index contributed by atoms with van der Waals surface area (Å²) in [5.41, 5.74) is 1.86. The van der Waals surface area contributed by atoms with Crippen LogP contribution in [0.5, 0.6) is 0 Å². The summed E-state index contributed by atoms with van der Waals surface area (Å²) in [5, 5.41) is 7.94. The van der Waals surface area contributed by atoms with E-state index in [0.29, 0.717) is 19.6 Å². The van der Waals surface area contributed by atoms with E-state index in [9.17, 15) is 9.59 Å². The number of urea groups is 2. The molecule has 0 bridgehead atoms. The highest BCUT2D eigenvalue weighted by molar-refractivity contribution is 5.93. The molecule has 0 saturated carbocycles. The van der Waals surface area contributed by atoms with Gasteiger partial charge in [0.1, 0.15) is 0 Å². The predicted molar refractivity (Wildman–Crippen MR) is 68.5 cm³/mol. The van der Waals surface area contributed by atoms with Crippen LogP contribution in [0.2, 0.25) is 0 Å². The van der Waals surface area contributed by atoms with Gasteiger partial charge in [-0.3, -0.25) is 4.90 Å². The fourth-order valence-corrected chi connectivity index (χ4v) is 1.78. The van der Waals surface area contributed by atoms with E-state index in [2.05, 4.69) is 16.0 Å². The first-order chi connectivity index (χ1) is 8.70. The SMILES string of the molecule is CNC(=O)NCc1ccc(N2CCNC2=O)cc1. The van der Waals surface area contributed by atoms with Crippen molar-refractivity contribution in [3.05, 3.63) is 29.8 Å². The summed E-state index contributed by atoms with van der Waals surface area (Å²) in [4.78, 5) is 24.2. The molecule has 96 valence electrons. The molecule has 1 fully saturated rings. The van der Waals surface area contributed by atoms with E-state index in [-0.39, 0.29) is 12.1 Å². The lowest BCUT2D eigenvalue weighted by Gasteiger charge is -2.14. The summed E-state index contributed by atoms with van der Waals surface area (Å²) >= 11 is 0. The topological polar surface area (TPSA) is 73.5 Å². The highest BCUT2D eigenvalue weighted by Gasteiger charge is 2.20. The van der Waals surface area contributed by atoms with Crippen LogP contribution < -0.4 is 20.9 Å². The van der Waals surface area contributed by atoms with Gasteiger partial charge in [-0.25, -0.2) is 9.59 Å². The van der Waals surface area contributed by atoms with Gasteiger partial charge in [0.15, 0.2) is 0 Å². The maximum absolute atomic E-state index is 11.5. The van der Waals surface area contributed by atoms with Crippen LogP contribution >= 0.6 is 0 Å². The van der Waals surface area contributed by atoms with E-state index in [4.69, 9.17) is 0 Å². The number of carbonyl (C=O) groups is 2. The largest absolute Gasteiger partial charge is 0.341 e. The number of hydrogen-bond donors (Lipinski definition) is 3. The highest BCUT2D eigenvalue weighted by atomic mass is 16.2. The summed E-state index contributed by atoms with van der Waals surface area (Å²) in [7, 11) is 1.57. The lowest BCUT2D eigenvalue weighted by atomic mass is 10.2. The minimum Gasteiger partial charge on any atom is -0.341 e. The van der Waals surface area contributed by atoms with E-state index in [1.807, 2.05) is 24.3 Å². The van der Waals surface area contributed by atoms with Crippen molar-refractivity contribution in [1.29, 1.82) is 0 Å². The molecule has 4 amide bonds. The molecule has 0 atom stereocenters. The van der Waals surface area contributed by atoms with Crippen LogP contribution in [0.4, 0.5) is 15.3 Å². The Kier molecular flexibility index (Phi) is 3.66. The van der Waals surface area contributed by atoms with Crippen LogP contribution in [-0.4, -0.2) is 32.2 Å². The minimum atomic E-state index is -0.210. The number of amides is 4. The van der Waals surface area contributed by atoms with Crippen molar-refractivity contribution in [3.63, 3.8) is 0 Å². The van der Waals surface area contributed by atoms with Crippen LogP contribution in [0.3, 0.4) is 0 Å². The summed E-state index contributed by atoms with van der Waals surface area (Å²) in [6.07, 6.45) is 0. The average Bonchev–Trinajstić information content (AvgIpc) is 2.83. The minimum absolute atomic E-state index is 0.0637. The van der Waals surface area contributed by atoms with Gasteiger partial charge in [-0.15, -0.1) is 0 Å². The van der Waals surface area contributed by atoms with E-state index >= 15 is 0 Å². The van der Waals surface area contributed by atoms with Crippen LogP contribution in [-0.2, 0) is 6.54 Å². The highest BCUT2D eigenvalue weighted by Crippen LogP contribution is 2.17. The number of anilines is 1. The van der Waals surface area contributed by atoms with Crippen LogP contribution in [0.25, 0.3) is 0 Å². The first-order valence-corrected chi connectivity index (χ1v) is 5.80. The van der Waals surface area contributed by atoms with Gasteiger partial charge in [-0.05, 0) is 17.7 Å². The third-order valence-corrected chi connectivity index (χ3v) is 2.78. The zero-order valence-corrected chi connectivity index (χ0v) is 10.2. The van der Waals surface area contributed by atoms with E-state index in [0.717, 1.165) is 11.3 Å². The molecule has 6 heteroatoms. The fourth-order valence-electron chi connectivity index (χ4n) is 1.78. The van der Waals surface area contributed by atoms with Crippen molar-refractivity contribution >= 4 is 17.7 Å². The quantitative estimate of drug-likeness (QED) is 0.734. The first-order valence-electron chi connectivity index (χ1n) is 5.80. The Morgan fingerprint density at radius 3 is 2.67 bits per heavy atom. The van der Waals surface area contributed by atoms with Crippen molar-refractivity contribution in [2.45, 2.75) is 6.54 Å². The Hall–Kier alpha value is -2.24. The summed E-state index contributed by atoms with van der Waals surface area (Å²) in [6, 6.07) is 7.29. The summed E-state index contributed by atoms with van der Waals surface area (Å²) in [6.45, 7) is 1.83. The fraction of sp³-hybridized carbons (Fsp3) is 0.333. The van der Waals surface area contributed by atoms with Gasteiger partial charge in [0.25, 0.3) is 0 Å². The second kappa shape index (κ2) is 5.39. The molecular formula is C12H16N4O2. The Bertz CT molecular complexity index is 444. The van der Waals surface area contributed by atoms with Crippen molar-refractivity contribution in [3.8, 4) is 0 Å². The smallest absolute Gasteiger partial charge is 0.321 e. The van der Waals surface area contributed by atoms with E-state index in [1.54, 1.807) is 11.9 Å². The van der Waals surface area contributed by atoms with Gasteiger partial charge >= 0.3 is 12.1 Å². The van der Waals surface area contributed by atoms with E-state index in [1.165, 1.54) is 0 Å². The number of carbonyl (C=O) groups excluding carboxylic acids is 2. The molecule has 3 N–H and O–H groups in total. The van der Waals surface area contributed by atoms with Gasteiger partial charge in [0.2, 0.25) is 0 Å². The molecule has 2 rings (SSSR count). The Balaban J connectivity index is 1.97. The molecule has 1 heterocycles. The van der Waals surface area contributed by atoms with Crippen molar-refractivity contribution < 1.29 is 9.59 Å². The standard InChI is InChI=1S/C12H16N4O2/c1-13-11(17)15-8-9-2-4-10(5-3-9)16-7-6-14-12(16)18/h2-5H,6-8H2,1H3,(H,14,18)(H2,13,15,17). The maximum atomic E-state index is 11.5. The van der Waals surface area contributed by atoms with Crippen molar-refractivity contribution in [2.75, 3.05) is 25.0 Å². The summed E-state index contributed by atoms with van der Waals surface area (Å²) in [5.74, 6) is 0. The molecule has 6 nitrogen and oxygen atoms in total. The molecule has 0 radical (unpaired) electrons. The summed E-state index contributed by atoms with van der Waals surface area (Å²) < 4.78 is 0. The van der Waals surface area contributed by atoms with Gasteiger partial charge in [-0.2, -0.15) is 0 Å². The van der Waals surface area contributed by atoms with Crippen molar-refractivity contribution in [1.82, 2.24) is 16.0 Å². The number of hydrogen-bond acceptors (Lipinski definition) is 2. The Morgan fingerprint density at radius 2 is 2.11 bits per heavy atom. The van der Waals surface area contributed by atoms with Gasteiger partial charge in [0, 0.05) is 32.4 Å². The second-order valence-electron chi connectivity index (χ2n) is 3.98. The van der Waals surface area contributed by atoms with Gasteiger partial charge in [0.05, 0.1) is 0 Å². The molecule has 1 aromatic carbocycles. The molecule has 0 unspecified atom stereocenters. The Morgan fingerprint density at radius 1 is 1.39 bits per heavy atom. The Labute approximate surface area is 105 Å². The second-order valence-corrected chi connectivity index (χ2v) is 3.98. The van der Waals surface area contributed by atoms with Crippen molar-refractivity contribution in [2.24, 2.45) is 0 Å². The molecule has 0 spiro atoms. The molecular weight excluding hydrogens is 232 g/mol. The third-order valence-electron chi connectivity index (χ3n) is 2.78. The van der Waals surface area contributed by atoms with Crippen LogP contribution in [0, 0.1) is 0 Å². The first kappa shape index (κ1) is 12.2. The lowest BCUT2D eigenvalue weighted by molar-refractivity contribution is 0.242. The number of benzene rings is 1. The number of nitrogens with one attached hydrogen (secondary N) is 3. The number of nitrogens with zero attached hydrogens (tertiary/aromatic N) is 1. The van der Waals surface area contributed by atoms with Crippen LogP contribution in [0.15, 0.2) is 24.3 Å². The third kappa shape index (κ3) is 2.71. The lowest BCUT2D eigenvalue weighted by Crippen LogP contribution is -2.32. The van der Waals surface area contributed by atoms with Crippen LogP contribution in [0.1, 0.15) is 5.56 Å². The average molecular weight is 248 g/mol. The normalized spacial score (nSPS) is 14.3. The van der Waals surface area contributed by atoms with E-state index < -0.39 is 0 Å². The van der Waals surface area contributed by atoms with Gasteiger partial charge in [-0.1, -0.05) is 12.1 Å². The molecule has 0 aromatic heterocycles. The zero-order valence-electron chi connectivity index (χ0n) is 10.2. The monoisotopic (exact) mass is 248 g/mol.